The van der Waals surface area contributed by atoms with E-state index in [1.165, 1.54) is 29.2 Å². The van der Waals surface area contributed by atoms with Crippen LogP contribution in [-0.2, 0) is 4.79 Å². The smallest absolute Gasteiger partial charge is 0.243 e. The second kappa shape index (κ2) is 4.19. The molecule has 1 rings (SSSR count). The van der Waals surface area contributed by atoms with E-state index in [9.17, 15) is 9.18 Å². The summed E-state index contributed by atoms with van der Waals surface area (Å²) in [5.41, 5.74) is 6.07. The highest BCUT2D eigenvalue weighted by Crippen LogP contribution is 2.13. The van der Waals surface area contributed by atoms with Crippen LogP contribution in [0, 0.1) is 5.82 Å². The minimum atomic E-state index is -0.551. The van der Waals surface area contributed by atoms with Crippen LogP contribution in [0.5, 0.6) is 0 Å². The number of nitrogens with two attached hydrogens (primary N) is 1. The number of benzene rings is 1. The fraction of sp³-hybridized carbons (Fsp3) is 0.300. The lowest BCUT2D eigenvalue weighted by molar-refractivity contribution is -0.119. The summed E-state index contributed by atoms with van der Waals surface area (Å²) < 4.78 is 12.6. The summed E-state index contributed by atoms with van der Waals surface area (Å²) in [4.78, 5) is 12.8. The number of likely N-dealkylation sites (N-methyl/N-ethyl adjacent to an activating group) is 1. The number of anilines is 1. The van der Waals surface area contributed by atoms with Gasteiger partial charge >= 0.3 is 0 Å². The highest BCUT2D eigenvalue weighted by Gasteiger charge is 2.14. The second-order valence-corrected chi connectivity index (χ2v) is 3.16. The zero-order chi connectivity index (χ0) is 10.7. The molecule has 0 unspecified atom stereocenters. The number of amides is 1. The molecule has 1 aromatic rings. The van der Waals surface area contributed by atoms with E-state index in [-0.39, 0.29) is 11.7 Å². The third-order valence-corrected chi connectivity index (χ3v) is 1.93. The van der Waals surface area contributed by atoms with Crippen LogP contribution in [0.3, 0.4) is 0 Å². The van der Waals surface area contributed by atoms with Crippen molar-refractivity contribution in [3.05, 3.63) is 30.1 Å². The quantitative estimate of drug-likeness (QED) is 0.770. The molecular formula is C10H13FN2O. The van der Waals surface area contributed by atoms with Gasteiger partial charge in [-0.3, -0.25) is 4.79 Å². The van der Waals surface area contributed by atoms with E-state index >= 15 is 0 Å². The maximum Gasteiger partial charge on any atom is 0.243 e. The van der Waals surface area contributed by atoms with Gasteiger partial charge in [-0.25, -0.2) is 4.39 Å². The van der Waals surface area contributed by atoms with Crippen LogP contribution in [-0.4, -0.2) is 19.0 Å². The lowest BCUT2D eigenvalue weighted by atomic mass is 10.2. The minimum absolute atomic E-state index is 0.198. The number of halogens is 1. The first kappa shape index (κ1) is 10.7. The van der Waals surface area contributed by atoms with Gasteiger partial charge in [-0.15, -0.1) is 0 Å². The van der Waals surface area contributed by atoms with Gasteiger partial charge in [0, 0.05) is 12.7 Å². The van der Waals surface area contributed by atoms with E-state index in [4.69, 9.17) is 5.73 Å². The molecule has 0 saturated carbocycles. The molecule has 0 bridgehead atoms. The van der Waals surface area contributed by atoms with Gasteiger partial charge in [-0.05, 0) is 31.2 Å². The van der Waals surface area contributed by atoms with E-state index < -0.39 is 6.04 Å². The molecule has 0 aromatic heterocycles. The van der Waals surface area contributed by atoms with Gasteiger partial charge in [-0.1, -0.05) is 0 Å². The molecular weight excluding hydrogens is 183 g/mol. The molecule has 14 heavy (non-hydrogen) atoms. The van der Waals surface area contributed by atoms with Crippen molar-refractivity contribution in [2.75, 3.05) is 11.9 Å². The van der Waals surface area contributed by atoms with Gasteiger partial charge in [0.1, 0.15) is 5.82 Å². The van der Waals surface area contributed by atoms with Gasteiger partial charge < -0.3 is 10.6 Å². The number of nitrogens with zero attached hydrogens (tertiary/aromatic N) is 1. The van der Waals surface area contributed by atoms with E-state index in [1.54, 1.807) is 14.0 Å². The molecule has 1 atom stereocenters. The Labute approximate surface area is 82.3 Å². The van der Waals surface area contributed by atoms with Crippen molar-refractivity contribution >= 4 is 11.6 Å². The highest BCUT2D eigenvalue weighted by atomic mass is 19.1. The Morgan fingerprint density at radius 3 is 2.36 bits per heavy atom. The number of carbonyl (C=O) groups is 1. The molecule has 0 heterocycles. The lowest BCUT2D eigenvalue weighted by Crippen LogP contribution is -2.39. The summed E-state index contributed by atoms with van der Waals surface area (Å²) in [5.74, 6) is -0.521. The third-order valence-electron chi connectivity index (χ3n) is 1.93. The van der Waals surface area contributed by atoms with Crippen molar-refractivity contribution in [3.63, 3.8) is 0 Å². The molecule has 1 aromatic carbocycles. The summed E-state index contributed by atoms with van der Waals surface area (Å²) >= 11 is 0. The van der Waals surface area contributed by atoms with Crippen molar-refractivity contribution in [2.24, 2.45) is 5.73 Å². The molecule has 4 heteroatoms. The van der Waals surface area contributed by atoms with Gasteiger partial charge in [0.05, 0.1) is 6.04 Å². The Balaban J connectivity index is 2.84. The average Bonchev–Trinajstić information content (AvgIpc) is 2.16. The van der Waals surface area contributed by atoms with Crippen molar-refractivity contribution < 1.29 is 9.18 Å². The molecule has 2 N–H and O–H groups in total. The van der Waals surface area contributed by atoms with E-state index in [0.717, 1.165) is 0 Å². The molecule has 0 saturated heterocycles. The molecule has 0 aliphatic rings. The van der Waals surface area contributed by atoms with Crippen LogP contribution in [0.25, 0.3) is 0 Å². The first-order valence-electron chi connectivity index (χ1n) is 4.31. The Hall–Kier alpha value is -1.42. The van der Waals surface area contributed by atoms with Crippen LogP contribution in [0.15, 0.2) is 24.3 Å². The molecule has 0 aliphatic carbocycles. The zero-order valence-electron chi connectivity index (χ0n) is 8.20. The van der Waals surface area contributed by atoms with Crippen LogP contribution in [0.2, 0.25) is 0 Å². The predicted molar refractivity (Wildman–Crippen MR) is 53.5 cm³/mol. The lowest BCUT2D eigenvalue weighted by Gasteiger charge is -2.19. The molecule has 0 fully saturated rings. The fourth-order valence-corrected chi connectivity index (χ4v) is 1.10. The summed E-state index contributed by atoms with van der Waals surface area (Å²) in [6, 6.07) is 5.14. The summed E-state index contributed by atoms with van der Waals surface area (Å²) in [5, 5.41) is 0. The van der Waals surface area contributed by atoms with Gasteiger partial charge in [0.25, 0.3) is 0 Å². The molecule has 76 valence electrons. The Bertz CT molecular complexity index is 321. The van der Waals surface area contributed by atoms with Crippen molar-refractivity contribution in [1.29, 1.82) is 0 Å². The molecule has 0 radical (unpaired) electrons. The normalized spacial score (nSPS) is 12.3. The van der Waals surface area contributed by atoms with E-state index in [0.29, 0.717) is 5.69 Å². The van der Waals surface area contributed by atoms with E-state index in [2.05, 4.69) is 0 Å². The maximum absolute atomic E-state index is 12.6. The number of rotatable bonds is 2. The molecule has 1 amide bonds. The highest BCUT2D eigenvalue weighted by molar-refractivity contribution is 5.96. The fourth-order valence-electron chi connectivity index (χ4n) is 1.10. The zero-order valence-corrected chi connectivity index (χ0v) is 8.20. The van der Waals surface area contributed by atoms with Crippen LogP contribution in [0.1, 0.15) is 6.92 Å². The van der Waals surface area contributed by atoms with Crippen LogP contribution >= 0.6 is 0 Å². The predicted octanol–water partition coefficient (Wildman–Crippen LogP) is 1.14. The minimum Gasteiger partial charge on any atom is -0.320 e. The number of hydrogen-bond acceptors (Lipinski definition) is 2. The Morgan fingerprint density at radius 2 is 1.93 bits per heavy atom. The standard InChI is InChI=1S/C10H13FN2O/c1-7(12)10(14)13(2)9-5-3-8(11)4-6-9/h3-7H,12H2,1-2H3/t7-/m0/s1. The molecule has 0 spiro atoms. The van der Waals surface area contributed by atoms with Crippen LogP contribution < -0.4 is 10.6 Å². The van der Waals surface area contributed by atoms with Crippen molar-refractivity contribution in [1.82, 2.24) is 0 Å². The van der Waals surface area contributed by atoms with Crippen molar-refractivity contribution in [3.8, 4) is 0 Å². The van der Waals surface area contributed by atoms with E-state index in [1.807, 2.05) is 0 Å². The first-order valence-corrected chi connectivity index (χ1v) is 4.31. The summed E-state index contributed by atoms with van der Waals surface area (Å²) in [6.07, 6.45) is 0. The maximum atomic E-state index is 12.6. The van der Waals surface area contributed by atoms with Gasteiger partial charge in [-0.2, -0.15) is 0 Å². The summed E-state index contributed by atoms with van der Waals surface area (Å²) in [7, 11) is 1.61. The monoisotopic (exact) mass is 196 g/mol. The second-order valence-electron chi connectivity index (χ2n) is 3.16. The largest absolute Gasteiger partial charge is 0.320 e. The topological polar surface area (TPSA) is 46.3 Å². The Morgan fingerprint density at radius 1 is 1.43 bits per heavy atom. The average molecular weight is 196 g/mol. The van der Waals surface area contributed by atoms with Crippen LogP contribution in [0.4, 0.5) is 10.1 Å². The molecule has 3 nitrogen and oxygen atoms in total. The first-order chi connectivity index (χ1) is 6.52. The summed E-state index contributed by atoms with van der Waals surface area (Å²) in [6.45, 7) is 1.61. The van der Waals surface area contributed by atoms with Gasteiger partial charge in [0.2, 0.25) is 5.91 Å². The Kier molecular flexibility index (Phi) is 3.19. The SMILES string of the molecule is C[C@H](N)C(=O)N(C)c1ccc(F)cc1. The third kappa shape index (κ3) is 2.29. The number of carbonyl (C=O) groups excluding carboxylic acids is 1. The van der Waals surface area contributed by atoms with Crippen molar-refractivity contribution in [2.45, 2.75) is 13.0 Å². The van der Waals surface area contributed by atoms with Gasteiger partial charge in [0.15, 0.2) is 0 Å². The number of hydrogen-bond donors (Lipinski definition) is 1. The molecule has 0 aliphatic heterocycles.